The topological polar surface area (TPSA) is 82.8 Å². The van der Waals surface area contributed by atoms with E-state index in [9.17, 15) is 9.59 Å². The Labute approximate surface area is 112 Å². The van der Waals surface area contributed by atoms with Crippen molar-refractivity contribution in [2.24, 2.45) is 5.41 Å². The van der Waals surface area contributed by atoms with Gasteiger partial charge in [0.05, 0.1) is 12.8 Å². The second-order valence-corrected chi connectivity index (χ2v) is 5.52. The predicted molar refractivity (Wildman–Crippen MR) is 69.6 cm³/mol. The fourth-order valence-electron chi connectivity index (χ4n) is 1.59. The Hall–Kier alpha value is -1.98. The fraction of sp³-hybridized carbons (Fsp3) is 0.538. The molecule has 0 unspecified atom stereocenters. The van der Waals surface area contributed by atoms with Gasteiger partial charge >= 0.3 is 12.0 Å². The summed E-state index contributed by atoms with van der Waals surface area (Å²) < 4.78 is 5.14. The maximum atomic E-state index is 11.9. The average molecular weight is 268 g/mol. The van der Waals surface area contributed by atoms with E-state index in [0.29, 0.717) is 5.76 Å². The molecule has 2 N–H and O–H groups in total. The molecule has 0 bridgehead atoms. The number of carboxylic acid groups (broad SMARTS) is 1. The Bertz CT molecular complexity index is 434. The van der Waals surface area contributed by atoms with Crippen LogP contribution in [0.25, 0.3) is 0 Å². The number of furan rings is 1. The van der Waals surface area contributed by atoms with Gasteiger partial charge in [0, 0.05) is 7.05 Å². The lowest BCUT2D eigenvalue weighted by atomic mass is 9.87. The minimum Gasteiger partial charge on any atom is -0.480 e. The number of carbonyl (C=O) groups excluding carboxylic acids is 1. The van der Waals surface area contributed by atoms with Gasteiger partial charge in [-0.25, -0.2) is 9.59 Å². The van der Waals surface area contributed by atoms with Crippen LogP contribution in [0.1, 0.15) is 26.5 Å². The quantitative estimate of drug-likeness (QED) is 0.874. The molecule has 0 saturated heterocycles. The summed E-state index contributed by atoms with van der Waals surface area (Å²) in [5.74, 6) is -0.410. The summed E-state index contributed by atoms with van der Waals surface area (Å²) in [5.41, 5.74) is -0.562. The fourth-order valence-corrected chi connectivity index (χ4v) is 1.59. The monoisotopic (exact) mass is 268 g/mol. The molecule has 2 amide bonds. The van der Waals surface area contributed by atoms with E-state index in [-0.39, 0.29) is 6.54 Å². The normalized spacial score (nSPS) is 12.8. The van der Waals surface area contributed by atoms with E-state index in [1.165, 1.54) is 11.2 Å². The van der Waals surface area contributed by atoms with Crippen molar-refractivity contribution in [2.45, 2.75) is 33.4 Å². The van der Waals surface area contributed by atoms with Gasteiger partial charge in [-0.1, -0.05) is 20.8 Å². The first-order valence-electron chi connectivity index (χ1n) is 5.98. The highest BCUT2D eigenvalue weighted by Gasteiger charge is 2.33. The van der Waals surface area contributed by atoms with Crippen LogP contribution in [0.2, 0.25) is 0 Å². The molecule has 1 rings (SSSR count). The van der Waals surface area contributed by atoms with Crippen LogP contribution in [0.3, 0.4) is 0 Å². The van der Waals surface area contributed by atoms with Crippen molar-refractivity contribution < 1.29 is 19.1 Å². The number of nitrogens with one attached hydrogen (secondary N) is 1. The van der Waals surface area contributed by atoms with Gasteiger partial charge in [0.15, 0.2) is 0 Å². The number of aliphatic carboxylic acids is 1. The van der Waals surface area contributed by atoms with Crippen molar-refractivity contribution in [3.05, 3.63) is 24.2 Å². The Morgan fingerprint density at radius 3 is 2.53 bits per heavy atom. The lowest BCUT2D eigenvalue weighted by Crippen LogP contribution is -2.52. The van der Waals surface area contributed by atoms with E-state index in [1.807, 2.05) is 0 Å². The molecule has 0 aliphatic heterocycles. The SMILES string of the molecule is CN(Cc1ccco1)C(=O)N[C@H](C(=O)O)C(C)(C)C. The molecule has 1 aromatic rings. The largest absolute Gasteiger partial charge is 0.480 e. The summed E-state index contributed by atoms with van der Waals surface area (Å²) >= 11 is 0. The van der Waals surface area contributed by atoms with Gasteiger partial charge in [-0.05, 0) is 17.5 Å². The molecule has 1 atom stereocenters. The second kappa shape index (κ2) is 5.77. The third-order valence-corrected chi connectivity index (χ3v) is 2.70. The summed E-state index contributed by atoms with van der Waals surface area (Å²) in [6.07, 6.45) is 1.52. The van der Waals surface area contributed by atoms with Crippen molar-refractivity contribution >= 4 is 12.0 Å². The van der Waals surface area contributed by atoms with Crippen molar-refractivity contribution in [1.82, 2.24) is 10.2 Å². The third-order valence-electron chi connectivity index (χ3n) is 2.70. The number of urea groups is 1. The number of nitrogens with zero attached hydrogens (tertiary/aromatic N) is 1. The zero-order chi connectivity index (χ0) is 14.6. The van der Waals surface area contributed by atoms with E-state index in [4.69, 9.17) is 9.52 Å². The number of rotatable bonds is 4. The predicted octanol–water partition coefficient (Wildman–Crippen LogP) is 1.92. The zero-order valence-corrected chi connectivity index (χ0v) is 11.6. The van der Waals surface area contributed by atoms with Crippen LogP contribution in [0.15, 0.2) is 22.8 Å². The van der Waals surface area contributed by atoms with E-state index in [0.717, 1.165) is 0 Å². The van der Waals surface area contributed by atoms with Crippen LogP contribution in [0.4, 0.5) is 4.79 Å². The first kappa shape index (κ1) is 15.1. The van der Waals surface area contributed by atoms with Crippen molar-refractivity contribution in [3.8, 4) is 0 Å². The third kappa shape index (κ3) is 4.31. The van der Waals surface area contributed by atoms with Gasteiger partial charge in [-0.2, -0.15) is 0 Å². The Morgan fingerprint density at radius 1 is 1.47 bits per heavy atom. The van der Waals surface area contributed by atoms with Crippen molar-refractivity contribution in [3.63, 3.8) is 0 Å². The smallest absolute Gasteiger partial charge is 0.326 e. The van der Waals surface area contributed by atoms with Gasteiger partial charge in [0.2, 0.25) is 0 Å². The van der Waals surface area contributed by atoms with Crippen molar-refractivity contribution in [2.75, 3.05) is 7.05 Å². The number of carboxylic acids is 1. The van der Waals surface area contributed by atoms with Crippen molar-refractivity contribution in [1.29, 1.82) is 0 Å². The molecule has 106 valence electrons. The van der Waals surface area contributed by atoms with Crippen LogP contribution >= 0.6 is 0 Å². The summed E-state index contributed by atoms with van der Waals surface area (Å²) in [6.45, 7) is 5.57. The Morgan fingerprint density at radius 2 is 2.11 bits per heavy atom. The molecule has 6 heteroatoms. The molecule has 0 saturated carbocycles. The molecule has 0 fully saturated rings. The molecule has 0 radical (unpaired) electrons. The van der Waals surface area contributed by atoms with Crippen LogP contribution in [-0.4, -0.2) is 35.1 Å². The highest BCUT2D eigenvalue weighted by molar-refractivity contribution is 5.83. The van der Waals surface area contributed by atoms with Crippen LogP contribution in [0, 0.1) is 5.41 Å². The lowest BCUT2D eigenvalue weighted by Gasteiger charge is -2.29. The van der Waals surface area contributed by atoms with E-state index < -0.39 is 23.5 Å². The molecule has 0 spiro atoms. The highest BCUT2D eigenvalue weighted by Crippen LogP contribution is 2.19. The number of amides is 2. The van der Waals surface area contributed by atoms with Gasteiger partial charge in [0.25, 0.3) is 0 Å². The lowest BCUT2D eigenvalue weighted by molar-refractivity contribution is -0.142. The summed E-state index contributed by atoms with van der Waals surface area (Å²) in [4.78, 5) is 24.5. The number of hydrogen-bond donors (Lipinski definition) is 2. The first-order valence-corrected chi connectivity index (χ1v) is 5.98. The maximum Gasteiger partial charge on any atom is 0.326 e. The number of hydrogen-bond acceptors (Lipinski definition) is 3. The molecular formula is C13H20N2O4. The maximum absolute atomic E-state index is 11.9. The van der Waals surface area contributed by atoms with Gasteiger partial charge in [-0.3, -0.25) is 0 Å². The second-order valence-electron chi connectivity index (χ2n) is 5.52. The van der Waals surface area contributed by atoms with E-state index in [1.54, 1.807) is 40.0 Å². The average Bonchev–Trinajstić information content (AvgIpc) is 2.75. The number of carbonyl (C=O) groups is 2. The Balaban J connectivity index is 2.64. The summed E-state index contributed by atoms with van der Waals surface area (Å²) in [5, 5.41) is 11.7. The van der Waals surface area contributed by atoms with Crippen LogP contribution < -0.4 is 5.32 Å². The zero-order valence-electron chi connectivity index (χ0n) is 11.6. The molecule has 1 heterocycles. The first-order chi connectivity index (χ1) is 8.71. The standard InChI is InChI=1S/C13H20N2O4/c1-13(2,3)10(11(16)17)14-12(18)15(4)8-9-6-5-7-19-9/h5-7,10H,8H2,1-4H3,(H,14,18)(H,16,17)/t10-/m1/s1. The molecular weight excluding hydrogens is 248 g/mol. The molecule has 0 aromatic carbocycles. The molecule has 0 aliphatic rings. The Kier molecular flexibility index (Phi) is 4.58. The highest BCUT2D eigenvalue weighted by atomic mass is 16.4. The summed E-state index contributed by atoms with van der Waals surface area (Å²) in [6, 6.07) is 2.09. The molecule has 19 heavy (non-hydrogen) atoms. The molecule has 6 nitrogen and oxygen atoms in total. The van der Waals surface area contributed by atoms with Crippen LogP contribution in [0.5, 0.6) is 0 Å². The minimum absolute atomic E-state index is 0.287. The van der Waals surface area contributed by atoms with Gasteiger partial charge in [0.1, 0.15) is 11.8 Å². The van der Waals surface area contributed by atoms with E-state index in [2.05, 4.69) is 5.32 Å². The summed E-state index contributed by atoms with van der Waals surface area (Å²) in [7, 11) is 1.58. The van der Waals surface area contributed by atoms with Gasteiger partial charge < -0.3 is 19.7 Å². The molecule has 1 aromatic heterocycles. The minimum atomic E-state index is -1.05. The molecule has 0 aliphatic carbocycles. The van der Waals surface area contributed by atoms with E-state index >= 15 is 0 Å². The van der Waals surface area contributed by atoms with Crippen LogP contribution in [-0.2, 0) is 11.3 Å². The van der Waals surface area contributed by atoms with Gasteiger partial charge in [-0.15, -0.1) is 0 Å².